The summed E-state index contributed by atoms with van der Waals surface area (Å²) in [4.78, 5) is 24.7. The predicted octanol–water partition coefficient (Wildman–Crippen LogP) is 2.09. The van der Waals surface area contributed by atoms with Gasteiger partial charge in [-0.15, -0.1) is 0 Å². The average molecular weight is 416 g/mol. The molecule has 30 heavy (non-hydrogen) atoms. The highest BCUT2D eigenvalue weighted by atomic mass is 16.6. The molecular weight excluding hydrogens is 392 g/mol. The van der Waals surface area contributed by atoms with E-state index in [1.165, 1.54) is 19.2 Å². The summed E-state index contributed by atoms with van der Waals surface area (Å²) in [6.45, 7) is 4.81. The molecule has 9 heteroatoms. The predicted molar refractivity (Wildman–Crippen MR) is 107 cm³/mol. The Bertz CT molecular complexity index is 882. The lowest BCUT2D eigenvalue weighted by Crippen LogP contribution is -2.47. The molecule has 1 unspecified atom stereocenters. The molecule has 0 saturated heterocycles. The van der Waals surface area contributed by atoms with Crippen LogP contribution in [0, 0.1) is 0 Å². The number of hydrogen-bond donors (Lipinski definition) is 2. The van der Waals surface area contributed by atoms with Gasteiger partial charge >= 0.3 is 0 Å². The first-order valence-corrected chi connectivity index (χ1v) is 9.49. The highest BCUT2D eigenvalue weighted by Gasteiger charge is 2.22. The zero-order chi connectivity index (χ0) is 21.5. The van der Waals surface area contributed by atoms with Crippen molar-refractivity contribution in [3.63, 3.8) is 0 Å². The summed E-state index contributed by atoms with van der Waals surface area (Å²) in [7, 11) is 1.47. The molecular formula is C21H24N2O7. The van der Waals surface area contributed by atoms with E-state index in [4.69, 9.17) is 23.7 Å². The van der Waals surface area contributed by atoms with Crippen LogP contribution in [0.25, 0.3) is 0 Å². The number of hydrazine groups is 1. The van der Waals surface area contributed by atoms with E-state index in [0.717, 1.165) is 0 Å². The molecule has 160 valence electrons. The van der Waals surface area contributed by atoms with Crippen LogP contribution in [0.1, 0.15) is 24.2 Å². The van der Waals surface area contributed by atoms with Crippen LogP contribution in [0.4, 0.5) is 0 Å². The van der Waals surface area contributed by atoms with Crippen LogP contribution >= 0.6 is 0 Å². The second kappa shape index (κ2) is 9.73. The number of carbonyl (C=O) groups is 2. The largest absolute Gasteiger partial charge is 0.494 e. The van der Waals surface area contributed by atoms with Gasteiger partial charge in [0.15, 0.2) is 17.6 Å². The molecule has 2 amide bonds. The minimum absolute atomic E-state index is 0.247. The lowest BCUT2D eigenvalue weighted by molar-refractivity contribution is -0.128. The summed E-state index contributed by atoms with van der Waals surface area (Å²) < 4.78 is 27.2. The quantitative estimate of drug-likeness (QED) is 0.666. The average Bonchev–Trinajstić information content (AvgIpc) is 2.77. The Morgan fingerprint density at radius 1 is 1.07 bits per heavy atom. The van der Waals surface area contributed by atoms with Crippen molar-refractivity contribution in [2.24, 2.45) is 0 Å². The lowest BCUT2D eigenvalue weighted by Gasteiger charge is -2.21. The summed E-state index contributed by atoms with van der Waals surface area (Å²) in [6, 6.07) is 9.94. The molecule has 2 N–H and O–H groups in total. The normalized spacial score (nSPS) is 13.0. The second-order valence-electron chi connectivity index (χ2n) is 6.31. The molecule has 3 rings (SSSR count). The van der Waals surface area contributed by atoms with Gasteiger partial charge in [-0.05, 0) is 50.2 Å². The van der Waals surface area contributed by atoms with Gasteiger partial charge in [0.25, 0.3) is 11.8 Å². The Balaban J connectivity index is 1.56. The van der Waals surface area contributed by atoms with Crippen molar-refractivity contribution in [3.8, 4) is 28.7 Å². The molecule has 0 spiro atoms. The molecule has 0 fully saturated rings. The van der Waals surface area contributed by atoms with Crippen molar-refractivity contribution >= 4 is 11.8 Å². The van der Waals surface area contributed by atoms with E-state index in [9.17, 15) is 9.59 Å². The summed E-state index contributed by atoms with van der Waals surface area (Å²) in [5.74, 6) is 1.39. The molecule has 1 heterocycles. The fourth-order valence-corrected chi connectivity index (χ4v) is 2.74. The van der Waals surface area contributed by atoms with Gasteiger partial charge in [-0.1, -0.05) is 0 Å². The van der Waals surface area contributed by atoms with E-state index in [1.54, 1.807) is 31.2 Å². The minimum Gasteiger partial charge on any atom is -0.494 e. The number of benzene rings is 2. The Kier molecular flexibility index (Phi) is 6.84. The zero-order valence-corrected chi connectivity index (χ0v) is 17.0. The van der Waals surface area contributed by atoms with Crippen molar-refractivity contribution < 1.29 is 33.3 Å². The molecule has 9 nitrogen and oxygen atoms in total. The number of hydrogen-bond acceptors (Lipinski definition) is 7. The SMILES string of the molecule is CCOc1ccc(OC(C)C(=O)NNC(=O)c2cc(OC)c3c(c2)OCCO3)cc1. The van der Waals surface area contributed by atoms with Gasteiger partial charge in [-0.25, -0.2) is 0 Å². The van der Waals surface area contributed by atoms with Crippen LogP contribution in [0.5, 0.6) is 28.7 Å². The third-order valence-corrected chi connectivity index (χ3v) is 4.21. The molecule has 0 aliphatic carbocycles. The summed E-state index contributed by atoms with van der Waals surface area (Å²) >= 11 is 0. The lowest BCUT2D eigenvalue weighted by atomic mass is 10.1. The van der Waals surface area contributed by atoms with Crippen molar-refractivity contribution in [2.75, 3.05) is 26.9 Å². The van der Waals surface area contributed by atoms with Crippen molar-refractivity contribution in [1.82, 2.24) is 10.9 Å². The van der Waals surface area contributed by atoms with Gasteiger partial charge in [0.2, 0.25) is 5.75 Å². The monoisotopic (exact) mass is 416 g/mol. The van der Waals surface area contributed by atoms with Gasteiger partial charge < -0.3 is 23.7 Å². The van der Waals surface area contributed by atoms with E-state index in [2.05, 4.69) is 10.9 Å². The number of ether oxygens (including phenoxy) is 5. The number of fused-ring (bicyclic) bond motifs is 1. The van der Waals surface area contributed by atoms with Gasteiger partial charge in [0.05, 0.1) is 13.7 Å². The van der Waals surface area contributed by atoms with Gasteiger partial charge in [-0.2, -0.15) is 0 Å². The summed E-state index contributed by atoms with van der Waals surface area (Å²) in [6.07, 6.45) is -0.835. The molecule has 0 saturated carbocycles. The van der Waals surface area contributed by atoms with Crippen LogP contribution in [0.2, 0.25) is 0 Å². The van der Waals surface area contributed by atoms with E-state index in [-0.39, 0.29) is 5.56 Å². The van der Waals surface area contributed by atoms with Crippen LogP contribution in [0.3, 0.4) is 0 Å². The van der Waals surface area contributed by atoms with Crippen LogP contribution < -0.4 is 34.5 Å². The minimum atomic E-state index is -0.835. The Hall–Kier alpha value is -3.62. The van der Waals surface area contributed by atoms with Crippen LogP contribution in [0.15, 0.2) is 36.4 Å². The molecule has 1 aliphatic rings. The maximum Gasteiger partial charge on any atom is 0.279 e. The molecule has 1 atom stereocenters. The summed E-state index contributed by atoms with van der Waals surface area (Å²) in [5, 5.41) is 0. The fraction of sp³-hybridized carbons (Fsp3) is 0.333. The summed E-state index contributed by atoms with van der Waals surface area (Å²) in [5.41, 5.74) is 4.95. The highest BCUT2D eigenvalue weighted by molar-refractivity contribution is 5.97. The smallest absolute Gasteiger partial charge is 0.279 e. The van der Waals surface area contributed by atoms with E-state index < -0.39 is 17.9 Å². The van der Waals surface area contributed by atoms with E-state index in [1.807, 2.05) is 6.92 Å². The molecule has 2 aromatic rings. The second-order valence-corrected chi connectivity index (χ2v) is 6.31. The van der Waals surface area contributed by atoms with Crippen LogP contribution in [-0.4, -0.2) is 44.8 Å². The molecule has 1 aliphatic heterocycles. The Morgan fingerprint density at radius 3 is 2.47 bits per heavy atom. The number of nitrogens with one attached hydrogen (secondary N) is 2. The topological polar surface area (TPSA) is 104 Å². The maximum absolute atomic E-state index is 12.5. The number of carbonyl (C=O) groups excluding carboxylic acids is 2. The molecule has 0 radical (unpaired) electrons. The zero-order valence-electron chi connectivity index (χ0n) is 17.0. The standard InChI is InChI=1S/C21H24N2O7/c1-4-27-15-5-7-16(8-6-15)30-13(2)20(24)22-23-21(25)14-11-17(26-3)19-18(12-14)28-9-10-29-19/h5-8,11-13H,4,9-10H2,1-3H3,(H,22,24)(H,23,25). The van der Waals surface area contributed by atoms with Crippen LogP contribution in [-0.2, 0) is 4.79 Å². The van der Waals surface area contributed by atoms with Gasteiger partial charge in [-0.3, -0.25) is 20.4 Å². The van der Waals surface area contributed by atoms with Crippen molar-refractivity contribution in [3.05, 3.63) is 42.0 Å². The van der Waals surface area contributed by atoms with Crippen molar-refractivity contribution in [1.29, 1.82) is 0 Å². The first kappa shape index (κ1) is 21.1. The molecule has 0 bridgehead atoms. The highest BCUT2D eigenvalue weighted by Crippen LogP contribution is 2.40. The Labute approximate surface area is 174 Å². The first-order chi connectivity index (χ1) is 14.5. The van der Waals surface area contributed by atoms with Gasteiger partial charge in [0, 0.05) is 5.56 Å². The third-order valence-electron chi connectivity index (χ3n) is 4.21. The molecule has 0 aromatic heterocycles. The van der Waals surface area contributed by atoms with Crippen molar-refractivity contribution in [2.45, 2.75) is 20.0 Å². The number of amides is 2. The first-order valence-electron chi connectivity index (χ1n) is 9.49. The Morgan fingerprint density at radius 2 is 1.77 bits per heavy atom. The molecule has 2 aromatic carbocycles. The number of methoxy groups -OCH3 is 1. The van der Waals surface area contributed by atoms with E-state index in [0.29, 0.717) is 48.6 Å². The van der Waals surface area contributed by atoms with Gasteiger partial charge in [0.1, 0.15) is 24.7 Å². The maximum atomic E-state index is 12.5. The fourth-order valence-electron chi connectivity index (χ4n) is 2.74. The number of rotatable bonds is 7. The van der Waals surface area contributed by atoms with E-state index >= 15 is 0 Å². The third kappa shape index (κ3) is 5.05.